The lowest BCUT2D eigenvalue weighted by molar-refractivity contribution is 0.434. The molecule has 0 unspecified atom stereocenters. The standard InChI is InChI=1S/C91H118N2/c1-3-4-31-65-50-51-86-88(52-65)91(92(81-56-74(66-32-13-5-14-33-66)53-75(57-81)67-34-15-6-16-35-67)82-58-76(68-36-17-7-18-37-68)54-77(59-82)69-38-19-8-20-39-69)85-49-30-29-48-84(85)90(86)93(83-60-78(70-40-21-9-22-41-70)55-79(61-83)71-42-23-10-24-43-71)89-63-80(72-44-25-11-26-45-72)62-87(64(89)2)73-46-27-12-28-47-73/h29-30,48-63,66-73H,3-28,31-47H2,1-2H3. The Hall–Kier alpha value is -5.34. The minimum atomic E-state index is 0.616. The highest BCUT2D eigenvalue weighted by Gasteiger charge is 2.34. The van der Waals surface area contributed by atoms with Crippen molar-refractivity contribution in [1.29, 1.82) is 0 Å². The minimum absolute atomic E-state index is 0.616. The molecule has 7 aromatic rings. The second-order valence-corrected chi connectivity index (χ2v) is 32.4. The van der Waals surface area contributed by atoms with E-state index in [0.29, 0.717) is 47.3 Å². The molecule has 0 spiro atoms. The van der Waals surface area contributed by atoms with Crippen molar-refractivity contribution in [2.45, 2.75) is 337 Å². The van der Waals surface area contributed by atoms with Gasteiger partial charge in [0.1, 0.15) is 0 Å². The van der Waals surface area contributed by atoms with E-state index in [1.165, 1.54) is 336 Å². The Kier molecular flexibility index (Phi) is 20.5. The molecule has 0 aliphatic heterocycles. The van der Waals surface area contributed by atoms with Gasteiger partial charge in [-0.05, 0) is 274 Å². The van der Waals surface area contributed by atoms with Crippen LogP contribution < -0.4 is 9.80 Å². The fourth-order valence-electron chi connectivity index (χ4n) is 20.9. The normalized spacial score (nSPS) is 21.2. The molecule has 492 valence electrons. The molecule has 0 aromatic heterocycles. The first-order valence-electron chi connectivity index (χ1n) is 40.2. The largest absolute Gasteiger partial charge is 0.309 e. The topological polar surface area (TPSA) is 6.48 Å². The SMILES string of the molecule is CCCCc1ccc2c(N(c3cc(C4CCCCC4)cc(C4CCCCC4)c3)c3cc(C4CCCCC4)cc(C4CCCCC4)c3C)c3ccccc3c(N(c3cc(C4CCCCC4)cc(C4CCCCC4)c3)c3cc(C4CCCCC4)cc(C4CCCCC4)c3)c2c1. The molecule has 0 radical (unpaired) electrons. The summed E-state index contributed by atoms with van der Waals surface area (Å²) in [5.41, 5.74) is 24.7. The molecule has 0 heterocycles. The lowest BCUT2D eigenvalue weighted by Crippen LogP contribution is -2.19. The van der Waals surface area contributed by atoms with Gasteiger partial charge in [0.15, 0.2) is 0 Å². The van der Waals surface area contributed by atoms with Gasteiger partial charge in [-0.3, -0.25) is 0 Å². The van der Waals surface area contributed by atoms with E-state index in [4.69, 9.17) is 0 Å². The van der Waals surface area contributed by atoms with E-state index >= 15 is 0 Å². The molecule has 93 heavy (non-hydrogen) atoms. The highest BCUT2D eigenvalue weighted by Crippen LogP contribution is 2.56. The number of rotatable bonds is 17. The molecule has 8 fully saturated rings. The van der Waals surface area contributed by atoms with Gasteiger partial charge in [-0.15, -0.1) is 0 Å². The van der Waals surface area contributed by atoms with Gasteiger partial charge in [0, 0.05) is 44.3 Å². The molecule has 0 N–H and O–H groups in total. The van der Waals surface area contributed by atoms with E-state index in [-0.39, 0.29) is 0 Å². The molecule has 0 amide bonds. The summed E-state index contributed by atoms with van der Waals surface area (Å²) < 4.78 is 0. The number of unbranched alkanes of at least 4 members (excludes halogenated alkanes) is 1. The first-order chi connectivity index (χ1) is 46.0. The fourth-order valence-corrected chi connectivity index (χ4v) is 20.9. The molecule has 0 bridgehead atoms. The molecule has 8 aliphatic carbocycles. The zero-order chi connectivity index (χ0) is 62.5. The summed E-state index contributed by atoms with van der Waals surface area (Å²) in [4.78, 5) is 5.97. The van der Waals surface area contributed by atoms with E-state index in [0.717, 1.165) is 6.42 Å². The maximum atomic E-state index is 2.99. The molecule has 0 saturated heterocycles. The minimum Gasteiger partial charge on any atom is -0.309 e. The number of nitrogens with zero attached hydrogens (tertiary/aromatic N) is 2. The average molecular weight is 1240 g/mol. The van der Waals surface area contributed by atoms with E-state index < -0.39 is 0 Å². The Labute approximate surface area is 564 Å². The van der Waals surface area contributed by atoms with Crippen molar-refractivity contribution < 1.29 is 0 Å². The molecule has 0 atom stereocenters. The van der Waals surface area contributed by atoms with Gasteiger partial charge >= 0.3 is 0 Å². The van der Waals surface area contributed by atoms with Crippen molar-refractivity contribution >= 4 is 55.7 Å². The van der Waals surface area contributed by atoms with Crippen LogP contribution >= 0.6 is 0 Å². The maximum Gasteiger partial charge on any atom is 0.0620 e. The van der Waals surface area contributed by atoms with Crippen molar-refractivity contribution in [3.8, 4) is 0 Å². The van der Waals surface area contributed by atoms with Gasteiger partial charge < -0.3 is 9.80 Å². The zero-order valence-electron chi connectivity index (χ0n) is 58.3. The Morgan fingerprint density at radius 1 is 0.290 bits per heavy atom. The van der Waals surface area contributed by atoms with Crippen LogP contribution in [-0.2, 0) is 6.42 Å². The summed E-state index contributed by atoms with van der Waals surface area (Å²) in [7, 11) is 0. The Morgan fingerprint density at radius 2 is 0.591 bits per heavy atom. The summed E-state index contributed by atoms with van der Waals surface area (Å²) in [6.45, 7) is 5.00. The third-order valence-electron chi connectivity index (χ3n) is 26.2. The summed E-state index contributed by atoms with van der Waals surface area (Å²) in [5, 5.41) is 5.68. The van der Waals surface area contributed by atoms with Crippen LogP contribution in [0.3, 0.4) is 0 Å². The van der Waals surface area contributed by atoms with Gasteiger partial charge in [-0.1, -0.05) is 228 Å². The van der Waals surface area contributed by atoms with E-state index in [1.807, 2.05) is 0 Å². The van der Waals surface area contributed by atoms with Gasteiger partial charge in [-0.2, -0.15) is 0 Å². The van der Waals surface area contributed by atoms with E-state index in [1.54, 1.807) is 44.5 Å². The molecular weight excluding hydrogens is 1120 g/mol. The van der Waals surface area contributed by atoms with E-state index in [9.17, 15) is 0 Å². The third kappa shape index (κ3) is 14.0. The Balaban J connectivity index is 1.05. The average Bonchev–Trinajstić information content (AvgIpc) is 0.749. The van der Waals surface area contributed by atoms with Gasteiger partial charge in [0.05, 0.1) is 11.4 Å². The summed E-state index contributed by atoms with van der Waals surface area (Å²) in [6.07, 6.45) is 57.4. The Bertz CT molecular complexity index is 3430. The smallest absolute Gasteiger partial charge is 0.0620 e. The second-order valence-electron chi connectivity index (χ2n) is 32.4. The lowest BCUT2D eigenvalue weighted by atomic mass is 9.77. The van der Waals surface area contributed by atoms with Gasteiger partial charge in [-0.25, -0.2) is 0 Å². The van der Waals surface area contributed by atoms with Crippen LogP contribution in [0.1, 0.15) is 380 Å². The molecule has 2 heteroatoms. The van der Waals surface area contributed by atoms with Crippen LogP contribution in [-0.4, -0.2) is 0 Å². The monoisotopic (exact) mass is 1240 g/mol. The first kappa shape index (κ1) is 63.7. The van der Waals surface area contributed by atoms with Crippen molar-refractivity contribution in [3.63, 3.8) is 0 Å². The predicted molar refractivity (Wildman–Crippen MR) is 401 cm³/mol. The summed E-state index contributed by atoms with van der Waals surface area (Å²) in [5.74, 6) is 4.94. The third-order valence-corrected chi connectivity index (χ3v) is 26.2. The number of anilines is 6. The van der Waals surface area contributed by atoms with Crippen molar-refractivity contribution in [3.05, 3.63) is 165 Å². The van der Waals surface area contributed by atoms with Crippen molar-refractivity contribution in [2.24, 2.45) is 0 Å². The number of hydrogen-bond donors (Lipinski definition) is 0. The highest BCUT2D eigenvalue weighted by molar-refractivity contribution is 6.23. The molecule has 2 nitrogen and oxygen atoms in total. The molecule has 8 saturated carbocycles. The molecule has 7 aromatic carbocycles. The molecular formula is C91H118N2. The van der Waals surface area contributed by atoms with Crippen LogP contribution in [0.5, 0.6) is 0 Å². The van der Waals surface area contributed by atoms with Gasteiger partial charge in [0.2, 0.25) is 0 Å². The fraction of sp³-hybridized carbons (Fsp3) is 0.582. The number of fused-ring (bicyclic) bond motifs is 2. The molecule has 15 rings (SSSR count). The summed E-state index contributed by atoms with van der Waals surface area (Å²) in [6, 6.07) is 48.8. The van der Waals surface area contributed by atoms with Crippen LogP contribution in [0.15, 0.2) is 109 Å². The summed E-state index contributed by atoms with van der Waals surface area (Å²) >= 11 is 0. The highest BCUT2D eigenvalue weighted by atomic mass is 15.2. The predicted octanol–water partition coefficient (Wildman–Crippen LogP) is 29.0. The van der Waals surface area contributed by atoms with Crippen LogP contribution in [0, 0.1) is 6.92 Å². The Morgan fingerprint density at radius 3 is 0.935 bits per heavy atom. The lowest BCUT2D eigenvalue weighted by Gasteiger charge is -2.37. The quantitative estimate of drug-likeness (QED) is 0.0662. The second kappa shape index (κ2) is 30.0. The van der Waals surface area contributed by atoms with Crippen LogP contribution in [0.2, 0.25) is 0 Å². The first-order valence-corrected chi connectivity index (χ1v) is 40.2. The van der Waals surface area contributed by atoms with Crippen molar-refractivity contribution in [1.82, 2.24) is 0 Å². The number of benzene rings is 7. The van der Waals surface area contributed by atoms with Crippen LogP contribution in [0.25, 0.3) is 21.5 Å². The van der Waals surface area contributed by atoms with E-state index in [2.05, 4.69) is 133 Å². The maximum absolute atomic E-state index is 2.99. The zero-order valence-corrected chi connectivity index (χ0v) is 58.3. The number of aryl methyl sites for hydroxylation is 1. The number of hydrogen-bond acceptors (Lipinski definition) is 2. The molecule has 8 aliphatic rings. The van der Waals surface area contributed by atoms with Gasteiger partial charge in [0.25, 0.3) is 0 Å². The van der Waals surface area contributed by atoms with Crippen molar-refractivity contribution in [2.75, 3.05) is 9.80 Å². The van der Waals surface area contributed by atoms with Crippen LogP contribution in [0.4, 0.5) is 34.1 Å².